The lowest BCUT2D eigenvalue weighted by molar-refractivity contribution is -0.112. The van der Waals surface area contributed by atoms with Gasteiger partial charge in [0.25, 0.3) is 5.91 Å². The molecule has 4 nitrogen and oxygen atoms in total. The first-order valence-corrected chi connectivity index (χ1v) is 8.52. The molecule has 0 bridgehead atoms. The lowest BCUT2D eigenvalue weighted by Gasteiger charge is -2.12. The molecule has 0 saturated heterocycles. The SMILES string of the molecule is Cc1ccc(NC(=O)/C(C(=O)c2ccccc2)=C(/O)c2ccccc2)cc1. The molecular weight excluding hydrogens is 338 g/mol. The van der Waals surface area contributed by atoms with E-state index in [4.69, 9.17) is 0 Å². The first-order chi connectivity index (χ1) is 13.1. The average Bonchev–Trinajstić information content (AvgIpc) is 2.71. The number of rotatable bonds is 5. The Labute approximate surface area is 157 Å². The number of ketones is 1. The van der Waals surface area contributed by atoms with Gasteiger partial charge in [-0.2, -0.15) is 0 Å². The van der Waals surface area contributed by atoms with Crippen LogP contribution in [0.1, 0.15) is 21.5 Å². The molecule has 27 heavy (non-hydrogen) atoms. The maximum Gasteiger partial charge on any atom is 0.263 e. The Morgan fingerprint density at radius 3 is 1.81 bits per heavy atom. The quantitative estimate of drug-likeness (QED) is 0.227. The molecule has 0 aromatic heterocycles. The van der Waals surface area contributed by atoms with E-state index in [1.54, 1.807) is 72.8 Å². The van der Waals surface area contributed by atoms with Gasteiger partial charge in [-0.1, -0.05) is 78.4 Å². The highest BCUT2D eigenvalue weighted by molar-refractivity contribution is 6.32. The highest BCUT2D eigenvalue weighted by Gasteiger charge is 2.25. The van der Waals surface area contributed by atoms with Crippen LogP contribution in [0, 0.1) is 6.92 Å². The Morgan fingerprint density at radius 2 is 1.26 bits per heavy atom. The van der Waals surface area contributed by atoms with Gasteiger partial charge in [-0.3, -0.25) is 9.59 Å². The molecule has 0 unspecified atom stereocenters. The van der Waals surface area contributed by atoms with Crippen molar-refractivity contribution in [3.63, 3.8) is 0 Å². The second kappa shape index (κ2) is 8.15. The summed E-state index contributed by atoms with van der Waals surface area (Å²) in [5.41, 5.74) is 2.03. The molecule has 3 aromatic carbocycles. The number of hydrogen-bond acceptors (Lipinski definition) is 3. The summed E-state index contributed by atoms with van der Waals surface area (Å²) in [5, 5.41) is 13.4. The summed E-state index contributed by atoms with van der Waals surface area (Å²) in [6.45, 7) is 1.94. The van der Waals surface area contributed by atoms with Crippen molar-refractivity contribution in [2.75, 3.05) is 5.32 Å². The van der Waals surface area contributed by atoms with Crippen molar-refractivity contribution in [1.29, 1.82) is 0 Å². The Bertz CT molecular complexity index is 975. The first kappa shape index (κ1) is 18.1. The predicted molar refractivity (Wildman–Crippen MR) is 107 cm³/mol. The fraction of sp³-hybridized carbons (Fsp3) is 0.0435. The van der Waals surface area contributed by atoms with Crippen LogP contribution >= 0.6 is 0 Å². The van der Waals surface area contributed by atoms with Gasteiger partial charge in [-0.15, -0.1) is 0 Å². The molecule has 0 fully saturated rings. The molecule has 0 saturated carbocycles. The number of nitrogens with one attached hydrogen (secondary N) is 1. The van der Waals surface area contributed by atoms with Gasteiger partial charge in [0.05, 0.1) is 0 Å². The molecule has 2 N–H and O–H groups in total. The van der Waals surface area contributed by atoms with Gasteiger partial charge in [-0.05, 0) is 19.1 Å². The van der Waals surface area contributed by atoms with E-state index in [1.165, 1.54) is 0 Å². The maximum absolute atomic E-state index is 13.0. The minimum atomic E-state index is -0.658. The summed E-state index contributed by atoms with van der Waals surface area (Å²) in [4.78, 5) is 25.8. The highest BCUT2D eigenvalue weighted by Crippen LogP contribution is 2.21. The summed E-state index contributed by atoms with van der Waals surface area (Å²) in [6.07, 6.45) is 0. The summed E-state index contributed by atoms with van der Waals surface area (Å²) in [5.74, 6) is -1.55. The van der Waals surface area contributed by atoms with Crippen LogP contribution in [-0.4, -0.2) is 16.8 Å². The Balaban J connectivity index is 2.03. The number of benzene rings is 3. The molecular formula is C23H19NO3. The van der Waals surface area contributed by atoms with Crippen LogP contribution in [0.15, 0.2) is 90.5 Å². The summed E-state index contributed by atoms with van der Waals surface area (Å²) in [7, 11) is 0. The zero-order valence-electron chi connectivity index (χ0n) is 14.8. The van der Waals surface area contributed by atoms with Gasteiger partial charge < -0.3 is 10.4 Å². The molecule has 4 heteroatoms. The Hall–Kier alpha value is -3.66. The molecule has 0 aliphatic carbocycles. The zero-order chi connectivity index (χ0) is 19.2. The van der Waals surface area contributed by atoms with Crippen LogP contribution in [0.4, 0.5) is 5.69 Å². The van der Waals surface area contributed by atoms with Crippen molar-refractivity contribution in [2.45, 2.75) is 6.92 Å². The first-order valence-electron chi connectivity index (χ1n) is 8.52. The molecule has 0 aliphatic rings. The standard InChI is InChI=1S/C23H19NO3/c1-16-12-14-19(15-13-16)24-23(27)20(21(25)17-8-4-2-5-9-17)22(26)18-10-6-3-7-11-18/h2-15,25H,1H3,(H,24,27)/b21-20+. The molecule has 0 aliphatic heterocycles. The normalized spacial score (nSPS) is 11.4. The van der Waals surface area contributed by atoms with Crippen molar-refractivity contribution in [3.05, 3.63) is 107 Å². The summed E-state index contributed by atoms with van der Waals surface area (Å²) >= 11 is 0. The number of carbonyl (C=O) groups is 2. The van der Waals surface area contributed by atoms with Crippen molar-refractivity contribution in [1.82, 2.24) is 0 Å². The minimum Gasteiger partial charge on any atom is -0.506 e. The third-order valence-corrected chi connectivity index (χ3v) is 4.08. The minimum absolute atomic E-state index is 0.298. The average molecular weight is 357 g/mol. The second-order valence-corrected chi connectivity index (χ2v) is 6.10. The molecule has 0 radical (unpaired) electrons. The van der Waals surface area contributed by atoms with E-state index in [1.807, 2.05) is 19.1 Å². The molecule has 0 spiro atoms. The van der Waals surface area contributed by atoms with E-state index in [2.05, 4.69) is 5.32 Å². The number of aryl methyl sites for hydroxylation is 1. The fourth-order valence-electron chi connectivity index (χ4n) is 2.62. The number of Topliss-reactive ketones (excluding diaryl/α,β-unsaturated/α-hetero) is 1. The van der Waals surface area contributed by atoms with Crippen molar-refractivity contribution >= 4 is 23.1 Å². The molecule has 3 rings (SSSR count). The van der Waals surface area contributed by atoms with Gasteiger partial charge in [-0.25, -0.2) is 0 Å². The summed E-state index contributed by atoms with van der Waals surface area (Å²) in [6, 6.07) is 24.2. The van der Waals surface area contributed by atoms with Crippen LogP contribution in [0.25, 0.3) is 5.76 Å². The Kier molecular flexibility index (Phi) is 5.47. The van der Waals surface area contributed by atoms with Crippen LogP contribution in [-0.2, 0) is 4.79 Å². The predicted octanol–water partition coefficient (Wildman–Crippen LogP) is 4.79. The smallest absolute Gasteiger partial charge is 0.263 e. The third-order valence-electron chi connectivity index (χ3n) is 4.08. The molecule has 1 amide bonds. The van der Waals surface area contributed by atoms with Crippen LogP contribution in [0.3, 0.4) is 0 Å². The van der Waals surface area contributed by atoms with Crippen molar-refractivity contribution < 1.29 is 14.7 Å². The van der Waals surface area contributed by atoms with E-state index in [-0.39, 0.29) is 11.3 Å². The largest absolute Gasteiger partial charge is 0.506 e. The molecule has 0 atom stereocenters. The van der Waals surface area contributed by atoms with E-state index < -0.39 is 11.7 Å². The third kappa shape index (κ3) is 4.30. The van der Waals surface area contributed by atoms with Gasteiger partial charge in [0, 0.05) is 16.8 Å². The van der Waals surface area contributed by atoms with Crippen molar-refractivity contribution in [2.24, 2.45) is 0 Å². The van der Waals surface area contributed by atoms with E-state index >= 15 is 0 Å². The van der Waals surface area contributed by atoms with E-state index in [0.29, 0.717) is 16.8 Å². The van der Waals surface area contributed by atoms with Crippen LogP contribution in [0.5, 0.6) is 0 Å². The van der Waals surface area contributed by atoms with E-state index in [0.717, 1.165) is 5.56 Å². The molecule has 134 valence electrons. The van der Waals surface area contributed by atoms with Gasteiger partial charge in [0.15, 0.2) is 0 Å². The number of anilines is 1. The lowest BCUT2D eigenvalue weighted by Crippen LogP contribution is -2.22. The van der Waals surface area contributed by atoms with Crippen LogP contribution in [0.2, 0.25) is 0 Å². The fourth-order valence-corrected chi connectivity index (χ4v) is 2.62. The monoisotopic (exact) mass is 357 g/mol. The molecule has 0 heterocycles. The number of carbonyl (C=O) groups excluding carboxylic acids is 2. The topological polar surface area (TPSA) is 66.4 Å². The van der Waals surface area contributed by atoms with Gasteiger partial charge >= 0.3 is 0 Å². The Morgan fingerprint density at radius 1 is 0.741 bits per heavy atom. The zero-order valence-corrected chi connectivity index (χ0v) is 14.8. The van der Waals surface area contributed by atoms with Gasteiger partial charge in [0.1, 0.15) is 11.3 Å². The highest BCUT2D eigenvalue weighted by atomic mass is 16.3. The number of aliphatic hydroxyl groups excluding tert-OH is 1. The lowest BCUT2D eigenvalue weighted by atomic mass is 9.98. The number of aliphatic hydroxyl groups is 1. The number of hydrogen-bond donors (Lipinski definition) is 2. The van der Waals surface area contributed by atoms with Gasteiger partial charge in [0.2, 0.25) is 5.78 Å². The number of amides is 1. The van der Waals surface area contributed by atoms with Crippen molar-refractivity contribution in [3.8, 4) is 0 Å². The molecule has 3 aromatic rings. The maximum atomic E-state index is 13.0. The summed E-state index contributed by atoms with van der Waals surface area (Å²) < 4.78 is 0. The van der Waals surface area contributed by atoms with Crippen LogP contribution < -0.4 is 5.32 Å². The van der Waals surface area contributed by atoms with E-state index in [9.17, 15) is 14.7 Å². The second-order valence-electron chi connectivity index (χ2n) is 6.10.